The number of carbonyl (C=O) groups is 1. The third kappa shape index (κ3) is 3.14. The first-order valence-corrected chi connectivity index (χ1v) is 7.86. The van der Waals surface area contributed by atoms with E-state index in [4.69, 9.17) is 0 Å². The molecular weight excluding hydrogens is 272 g/mol. The number of carbonyl (C=O) groups excluding carboxylic acids is 1. The standard InChI is InChI=1S/C19H22N2O/c1-13(2)17-9-5-6-10-18(17)21-19(22)20-16-11-14-7-3-4-8-15(14)12-16/h3-10,13,16H,11-12H2,1-2H3,(H2,20,21,22). The van der Waals surface area contributed by atoms with Crippen molar-refractivity contribution in [2.45, 2.75) is 38.6 Å². The predicted molar refractivity (Wildman–Crippen MR) is 90.3 cm³/mol. The molecule has 3 nitrogen and oxygen atoms in total. The Kier molecular flexibility index (Phi) is 4.14. The molecule has 0 saturated carbocycles. The molecule has 3 heteroatoms. The van der Waals surface area contributed by atoms with Crippen LogP contribution >= 0.6 is 0 Å². The number of hydrogen-bond acceptors (Lipinski definition) is 1. The fraction of sp³-hybridized carbons (Fsp3) is 0.316. The van der Waals surface area contributed by atoms with E-state index in [2.05, 4.69) is 54.8 Å². The monoisotopic (exact) mass is 294 g/mol. The SMILES string of the molecule is CC(C)c1ccccc1NC(=O)NC1Cc2ccccc2C1. The Hall–Kier alpha value is -2.29. The molecular formula is C19H22N2O. The van der Waals surface area contributed by atoms with Gasteiger partial charge in [-0.15, -0.1) is 0 Å². The second kappa shape index (κ2) is 6.22. The molecule has 22 heavy (non-hydrogen) atoms. The van der Waals surface area contributed by atoms with Crippen LogP contribution in [0.5, 0.6) is 0 Å². The van der Waals surface area contributed by atoms with Gasteiger partial charge in [0.25, 0.3) is 0 Å². The van der Waals surface area contributed by atoms with E-state index >= 15 is 0 Å². The minimum atomic E-state index is -0.120. The first-order valence-electron chi connectivity index (χ1n) is 7.86. The number of urea groups is 1. The maximum Gasteiger partial charge on any atom is 0.319 e. The van der Waals surface area contributed by atoms with Crippen LogP contribution in [0.15, 0.2) is 48.5 Å². The third-order valence-electron chi connectivity index (χ3n) is 4.22. The third-order valence-corrected chi connectivity index (χ3v) is 4.22. The molecule has 0 aromatic heterocycles. The van der Waals surface area contributed by atoms with Crippen molar-refractivity contribution in [3.63, 3.8) is 0 Å². The number of hydrogen-bond donors (Lipinski definition) is 2. The van der Waals surface area contributed by atoms with Crippen molar-refractivity contribution in [3.8, 4) is 0 Å². The number of anilines is 1. The lowest BCUT2D eigenvalue weighted by Crippen LogP contribution is -2.38. The van der Waals surface area contributed by atoms with E-state index in [-0.39, 0.29) is 12.1 Å². The van der Waals surface area contributed by atoms with E-state index in [1.165, 1.54) is 11.1 Å². The summed E-state index contributed by atoms with van der Waals surface area (Å²) in [5.74, 6) is 0.382. The van der Waals surface area contributed by atoms with Crippen LogP contribution in [0.3, 0.4) is 0 Å². The summed E-state index contributed by atoms with van der Waals surface area (Å²) in [5.41, 5.74) is 4.74. The van der Waals surface area contributed by atoms with E-state index < -0.39 is 0 Å². The van der Waals surface area contributed by atoms with Crippen molar-refractivity contribution in [1.29, 1.82) is 0 Å². The number of rotatable bonds is 3. The highest BCUT2D eigenvalue weighted by molar-refractivity contribution is 5.90. The number of amides is 2. The summed E-state index contributed by atoms with van der Waals surface area (Å²) in [4.78, 5) is 12.3. The zero-order valence-corrected chi connectivity index (χ0v) is 13.1. The maximum atomic E-state index is 12.3. The van der Waals surface area contributed by atoms with Crippen molar-refractivity contribution >= 4 is 11.7 Å². The van der Waals surface area contributed by atoms with Gasteiger partial charge in [-0.1, -0.05) is 56.3 Å². The highest BCUT2D eigenvalue weighted by Crippen LogP contribution is 2.24. The normalized spacial score (nSPS) is 14.0. The molecule has 0 atom stereocenters. The van der Waals surface area contributed by atoms with E-state index in [0.29, 0.717) is 5.92 Å². The minimum absolute atomic E-state index is 0.120. The Morgan fingerprint density at radius 1 is 1.00 bits per heavy atom. The average molecular weight is 294 g/mol. The molecule has 0 saturated heterocycles. The molecule has 0 fully saturated rings. The predicted octanol–water partition coefficient (Wildman–Crippen LogP) is 4.10. The smallest absolute Gasteiger partial charge is 0.319 e. The van der Waals surface area contributed by atoms with Gasteiger partial charge in [-0.25, -0.2) is 4.79 Å². The van der Waals surface area contributed by atoms with Gasteiger partial charge in [0.15, 0.2) is 0 Å². The lowest BCUT2D eigenvalue weighted by Gasteiger charge is -2.16. The number of fused-ring (bicyclic) bond motifs is 1. The zero-order valence-electron chi connectivity index (χ0n) is 13.1. The molecule has 0 spiro atoms. The molecule has 1 aliphatic rings. The van der Waals surface area contributed by atoms with Crippen LogP contribution in [0.4, 0.5) is 10.5 Å². The molecule has 0 heterocycles. The largest absolute Gasteiger partial charge is 0.334 e. The summed E-state index contributed by atoms with van der Waals surface area (Å²) < 4.78 is 0. The van der Waals surface area contributed by atoms with Gasteiger partial charge in [0.2, 0.25) is 0 Å². The molecule has 114 valence electrons. The van der Waals surface area contributed by atoms with Crippen LogP contribution in [0, 0.1) is 0 Å². The van der Waals surface area contributed by atoms with Gasteiger partial charge < -0.3 is 10.6 Å². The summed E-state index contributed by atoms with van der Waals surface area (Å²) in [7, 11) is 0. The lowest BCUT2D eigenvalue weighted by molar-refractivity contribution is 0.249. The van der Waals surface area contributed by atoms with Gasteiger partial charge in [-0.05, 0) is 41.5 Å². The number of para-hydroxylation sites is 1. The minimum Gasteiger partial charge on any atom is -0.334 e. The van der Waals surface area contributed by atoms with Gasteiger partial charge >= 0.3 is 6.03 Å². The molecule has 0 bridgehead atoms. The van der Waals surface area contributed by atoms with Gasteiger partial charge in [-0.3, -0.25) is 0 Å². The molecule has 0 aliphatic heterocycles. The van der Waals surface area contributed by atoms with Crippen molar-refractivity contribution in [3.05, 3.63) is 65.2 Å². The highest BCUT2D eigenvalue weighted by Gasteiger charge is 2.22. The van der Waals surface area contributed by atoms with Gasteiger partial charge in [-0.2, -0.15) is 0 Å². The van der Waals surface area contributed by atoms with Gasteiger partial charge in [0, 0.05) is 11.7 Å². The van der Waals surface area contributed by atoms with E-state index in [0.717, 1.165) is 24.1 Å². The van der Waals surface area contributed by atoms with E-state index in [9.17, 15) is 4.79 Å². The van der Waals surface area contributed by atoms with Crippen molar-refractivity contribution in [2.24, 2.45) is 0 Å². The average Bonchev–Trinajstić information content (AvgIpc) is 2.89. The van der Waals surface area contributed by atoms with Crippen LogP contribution in [0.25, 0.3) is 0 Å². The van der Waals surface area contributed by atoms with Crippen LogP contribution in [-0.4, -0.2) is 12.1 Å². The topological polar surface area (TPSA) is 41.1 Å². The summed E-state index contributed by atoms with van der Waals surface area (Å²) >= 11 is 0. The fourth-order valence-corrected chi connectivity index (χ4v) is 3.12. The molecule has 2 N–H and O–H groups in total. The molecule has 2 amide bonds. The Balaban J connectivity index is 1.63. The molecule has 0 unspecified atom stereocenters. The number of benzene rings is 2. The summed E-state index contributed by atoms with van der Waals surface area (Å²) in [5, 5.41) is 6.09. The summed E-state index contributed by atoms with van der Waals surface area (Å²) in [6, 6.07) is 16.4. The van der Waals surface area contributed by atoms with Gasteiger partial charge in [0.05, 0.1) is 0 Å². The molecule has 2 aromatic carbocycles. The molecule has 1 aliphatic carbocycles. The number of nitrogens with one attached hydrogen (secondary N) is 2. The Morgan fingerprint density at radius 2 is 1.59 bits per heavy atom. The van der Waals surface area contributed by atoms with E-state index in [1.54, 1.807) is 0 Å². The van der Waals surface area contributed by atoms with E-state index in [1.807, 2.05) is 18.2 Å². The Labute approximate surface area is 131 Å². The second-order valence-corrected chi connectivity index (χ2v) is 6.21. The van der Waals surface area contributed by atoms with Crippen LogP contribution in [0.2, 0.25) is 0 Å². The zero-order chi connectivity index (χ0) is 15.5. The second-order valence-electron chi connectivity index (χ2n) is 6.21. The molecule has 0 radical (unpaired) electrons. The lowest BCUT2D eigenvalue weighted by atomic mass is 10.0. The first kappa shape index (κ1) is 14.6. The molecule has 2 aromatic rings. The van der Waals surface area contributed by atoms with Crippen LogP contribution in [0.1, 0.15) is 36.5 Å². The van der Waals surface area contributed by atoms with Gasteiger partial charge in [0.1, 0.15) is 0 Å². The van der Waals surface area contributed by atoms with Crippen LogP contribution < -0.4 is 10.6 Å². The van der Waals surface area contributed by atoms with Crippen LogP contribution in [-0.2, 0) is 12.8 Å². The Bertz CT molecular complexity index is 654. The first-order chi connectivity index (χ1) is 10.6. The Morgan fingerprint density at radius 3 is 2.23 bits per heavy atom. The van der Waals surface area contributed by atoms with Crippen molar-refractivity contribution in [2.75, 3.05) is 5.32 Å². The highest BCUT2D eigenvalue weighted by atomic mass is 16.2. The quantitative estimate of drug-likeness (QED) is 0.879. The summed E-state index contributed by atoms with van der Waals surface area (Å²) in [6.45, 7) is 4.26. The van der Waals surface area contributed by atoms with Crippen molar-refractivity contribution < 1.29 is 4.79 Å². The summed E-state index contributed by atoms with van der Waals surface area (Å²) in [6.07, 6.45) is 1.82. The molecule has 3 rings (SSSR count). The fourth-order valence-electron chi connectivity index (χ4n) is 3.12. The van der Waals surface area contributed by atoms with Crippen molar-refractivity contribution in [1.82, 2.24) is 5.32 Å². The maximum absolute atomic E-state index is 12.3.